The van der Waals surface area contributed by atoms with Crippen molar-refractivity contribution in [3.05, 3.63) is 0 Å². The first-order valence-corrected chi connectivity index (χ1v) is 11.3. The van der Waals surface area contributed by atoms with Gasteiger partial charge in [0.1, 0.15) is 0 Å². The fourth-order valence-corrected chi connectivity index (χ4v) is 4.39. The first-order chi connectivity index (χ1) is 12.1. The third kappa shape index (κ3) is 12.9. The lowest BCUT2D eigenvalue weighted by Crippen LogP contribution is -2.43. The zero-order valence-corrected chi connectivity index (χ0v) is 16.2. The largest absolute Gasteiger partial charge is 0.481 e. The van der Waals surface area contributed by atoms with Crippen molar-refractivity contribution < 1.29 is 19.5 Å². The minimum absolute atomic E-state index is 0.0226. The quantitative estimate of drug-likeness (QED) is 0.300. The van der Waals surface area contributed by atoms with Gasteiger partial charge in [0.05, 0.1) is 6.42 Å². The Labute approximate surface area is 157 Å². The summed E-state index contributed by atoms with van der Waals surface area (Å²) in [4.78, 5) is 33.7. The molecule has 0 aromatic carbocycles. The Morgan fingerprint density at radius 1 is 0.920 bits per heavy atom. The Morgan fingerprint density at radius 2 is 1.64 bits per heavy atom. The molecule has 0 spiro atoms. The van der Waals surface area contributed by atoms with Gasteiger partial charge in [-0.25, -0.2) is 4.79 Å². The van der Waals surface area contributed by atoms with Gasteiger partial charge in [-0.1, -0.05) is 40.9 Å². The minimum atomic E-state index is -0.789. The molecule has 0 bridgehead atoms. The highest BCUT2D eigenvalue weighted by Gasteiger charge is 2.15. The Kier molecular flexibility index (Phi) is 12.4. The average Bonchev–Trinajstić information content (AvgIpc) is 2.58. The van der Waals surface area contributed by atoms with Gasteiger partial charge in [0.25, 0.3) is 0 Å². The smallest absolute Gasteiger partial charge is 0.315 e. The third-order valence-corrected chi connectivity index (χ3v) is 6.20. The van der Waals surface area contributed by atoms with Gasteiger partial charge in [-0.05, 0) is 19.3 Å². The fourth-order valence-electron chi connectivity index (χ4n) is 2.50. The van der Waals surface area contributed by atoms with Gasteiger partial charge in [0.15, 0.2) is 0 Å². The molecule has 0 unspecified atom stereocenters. The zero-order chi connectivity index (χ0) is 18.3. The molecule has 0 atom stereocenters. The molecule has 25 heavy (non-hydrogen) atoms. The highest BCUT2D eigenvalue weighted by atomic mass is 33.1. The lowest BCUT2D eigenvalue weighted by Gasteiger charge is -2.22. The van der Waals surface area contributed by atoms with E-state index in [0.29, 0.717) is 37.7 Å². The maximum Gasteiger partial charge on any atom is 0.315 e. The number of nitrogens with one attached hydrogen (secondary N) is 3. The lowest BCUT2D eigenvalue weighted by molar-refractivity contribution is -0.136. The van der Waals surface area contributed by atoms with Crippen LogP contribution < -0.4 is 16.0 Å². The monoisotopic (exact) mass is 391 g/mol. The van der Waals surface area contributed by atoms with E-state index in [2.05, 4.69) is 16.0 Å². The van der Waals surface area contributed by atoms with E-state index in [0.717, 1.165) is 18.6 Å². The summed E-state index contributed by atoms with van der Waals surface area (Å²) in [5.74, 6) is 0.508. The van der Waals surface area contributed by atoms with Crippen LogP contribution in [0.4, 0.5) is 4.79 Å². The topological polar surface area (TPSA) is 108 Å². The maximum atomic E-state index is 11.7. The Balaban J connectivity index is 1.89. The van der Waals surface area contributed by atoms with Crippen molar-refractivity contribution in [3.8, 4) is 0 Å². The van der Waals surface area contributed by atoms with Gasteiger partial charge in [-0.15, -0.1) is 0 Å². The number of hydrogen-bond donors (Lipinski definition) is 4. The second-order valence-corrected chi connectivity index (χ2v) is 8.68. The zero-order valence-electron chi connectivity index (χ0n) is 14.6. The first-order valence-electron chi connectivity index (χ1n) is 8.85. The molecule has 3 amide bonds. The normalized spacial score (nSPS) is 14.7. The average molecular weight is 392 g/mol. The van der Waals surface area contributed by atoms with E-state index < -0.39 is 5.97 Å². The highest BCUT2D eigenvalue weighted by molar-refractivity contribution is 8.76. The Bertz CT molecular complexity index is 418. The molecule has 0 aliphatic heterocycles. The number of urea groups is 1. The Morgan fingerprint density at radius 3 is 2.36 bits per heavy atom. The Hall–Kier alpha value is -1.09. The molecule has 1 aliphatic carbocycles. The molecule has 1 fully saturated rings. The van der Waals surface area contributed by atoms with Crippen molar-refractivity contribution in [2.45, 2.75) is 57.4 Å². The van der Waals surface area contributed by atoms with E-state index >= 15 is 0 Å². The second-order valence-electron chi connectivity index (χ2n) is 5.98. The van der Waals surface area contributed by atoms with E-state index in [1.807, 2.05) is 0 Å². The van der Waals surface area contributed by atoms with E-state index in [9.17, 15) is 14.4 Å². The summed E-state index contributed by atoms with van der Waals surface area (Å²) < 4.78 is 0. The molecule has 144 valence electrons. The molecule has 1 rings (SSSR count). The molecule has 7 nitrogen and oxygen atoms in total. The van der Waals surface area contributed by atoms with Crippen molar-refractivity contribution in [1.82, 2.24) is 16.0 Å². The van der Waals surface area contributed by atoms with Crippen LogP contribution in [0.1, 0.15) is 51.4 Å². The second kappa shape index (κ2) is 14.1. The SMILES string of the molecule is O=C(O)CCSSCCNC(=O)CCCNC(=O)NC1CCCCC1. The first kappa shape index (κ1) is 22.0. The van der Waals surface area contributed by atoms with Crippen LogP contribution in [0.5, 0.6) is 0 Å². The van der Waals surface area contributed by atoms with Crippen molar-refractivity contribution in [2.24, 2.45) is 0 Å². The van der Waals surface area contributed by atoms with E-state index in [-0.39, 0.29) is 18.4 Å². The van der Waals surface area contributed by atoms with E-state index in [1.165, 1.54) is 30.1 Å². The third-order valence-electron chi connectivity index (χ3n) is 3.80. The molecule has 0 radical (unpaired) electrons. The molecule has 0 saturated heterocycles. The maximum absolute atomic E-state index is 11.7. The highest BCUT2D eigenvalue weighted by Crippen LogP contribution is 2.20. The summed E-state index contributed by atoms with van der Waals surface area (Å²) in [5, 5.41) is 17.1. The van der Waals surface area contributed by atoms with Crippen LogP contribution in [-0.2, 0) is 9.59 Å². The van der Waals surface area contributed by atoms with Crippen LogP contribution in [0.15, 0.2) is 0 Å². The van der Waals surface area contributed by atoms with Gasteiger partial charge >= 0.3 is 12.0 Å². The number of hydrogen-bond acceptors (Lipinski definition) is 5. The van der Waals surface area contributed by atoms with Gasteiger partial charge in [-0.3, -0.25) is 9.59 Å². The number of rotatable bonds is 12. The number of aliphatic carboxylic acids is 1. The number of carboxylic acids is 1. The lowest BCUT2D eigenvalue weighted by atomic mass is 9.96. The summed E-state index contributed by atoms with van der Waals surface area (Å²) in [6.45, 7) is 1.06. The predicted octanol–water partition coefficient (Wildman–Crippen LogP) is 2.37. The molecule has 1 saturated carbocycles. The molecular formula is C16H29N3O4S2. The molecule has 0 heterocycles. The molecule has 0 aromatic rings. The van der Waals surface area contributed by atoms with Gasteiger partial charge < -0.3 is 21.1 Å². The number of carbonyl (C=O) groups excluding carboxylic acids is 2. The van der Waals surface area contributed by atoms with Gasteiger partial charge in [0.2, 0.25) is 5.91 Å². The van der Waals surface area contributed by atoms with Gasteiger partial charge in [-0.2, -0.15) is 0 Å². The molecule has 1 aliphatic rings. The van der Waals surface area contributed by atoms with Crippen molar-refractivity contribution in [1.29, 1.82) is 0 Å². The van der Waals surface area contributed by atoms with Crippen LogP contribution in [-0.4, -0.2) is 53.7 Å². The van der Waals surface area contributed by atoms with Crippen LogP contribution in [0.25, 0.3) is 0 Å². The summed E-state index contributed by atoms with van der Waals surface area (Å²) in [6.07, 6.45) is 6.90. The van der Waals surface area contributed by atoms with Crippen LogP contribution in [0, 0.1) is 0 Å². The van der Waals surface area contributed by atoms with Crippen molar-refractivity contribution >= 4 is 39.5 Å². The summed E-state index contributed by atoms with van der Waals surface area (Å²) in [5.41, 5.74) is 0. The van der Waals surface area contributed by atoms with Crippen LogP contribution in [0.3, 0.4) is 0 Å². The molecule has 0 aromatic heterocycles. The van der Waals surface area contributed by atoms with Gasteiger partial charge in [0, 0.05) is 37.1 Å². The number of carboxylic acid groups (broad SMARTS) is 1. The molecule has 4 N–H and O–H groups in total. The summed E-state index contributed by atoms with van der Waals surface area (Å²) in [6, 6.07) is 0.157. The predicted molar refractivity (Wildman–Crippen MR) is 103 cm³/mol. The minimum Gasteiger partial charge on any atom is -0.481 e. The molecule has 9 heteroatoms. The van der Waals surface area contributed by atoms with E-state index in [1.54, 1.807) is 10.8 Å². The summed E-state index contributed by atoms with van der Waals surface area (Å²) in [7, 11) is 3.06. The molecular weight excluding hydrogens is 362 g/mol. The summed E-state index contributed by atoms with van der Waals surface area (Å²) >= 11 is 0. The number of amides is 3. The standard InChI is InChI=1S/C16H29N3O4S2/c20-14(17-10-12-25-24-11-8-15(21)22)7-4-9-18-16(23)19-13-5-2-1-3-6-13/h13H,1-12H2,(H,17,20)(H,21,22)(H2,18,19,23). The van der Waals surface area contributed by atoms with Crippen LogP contribution >= 0.6 is 21.6 Å². The van der Waals surface area contributed by atoms with E-state index in [4.69, 9.17) is 5.11 Å². The fraction of sp³-hybridized carbons (Fsp3) is 0.812. The van der Waals surface area contributed by atoms with Crippen molar-refractivity contribution in [2.75, 3.05) is 24.6 Å². The number of carbonyl (C=O) groups is 3. The van der Waals surface area contributed by atoms with Crippen molar-refractivity contribution in [3.63, 3.8) is 0 Å². The van der Waals surface area contributed by atoms with Crippen LogP contribution in [0.2, 0.25) is 0 Å².